The van der Waals surface area contributed by atoms with Gasteiger partial charge in [0.1, 0.15) is 0 Å². The molecule has 0 heterocycles. The molecule has 0 saturated carbocycles. The van der Waals surface area contributed by atoms with Crippen molar-refractivity contribution in [2.45, 2.75) is 26.5 Å². The summed E-state index contributed by atoms with van der Waals surface area (Å²) < 4.78 is 23.6. The van der Waals surface area contributed by atoms with Gasteiger partial charge in [0, 0.05) is 5.69 Å². The first kappa shape index (κ1) is 17.4. The highest BCUT2D eigenvalue weighted by Crippen LogP contribution is 2.14. The van der Waals surface area contributed by atoms with Crippen LogP contribution in [0.15, 0.2) is 48.6 Å². The minimum Gasteiger partial charge on any atom is -0.398 e. The molecular weight excluding hydrogens is 258 g/mol. The lowest BCUT2D eigenvalue weighted by Crippen LogP contribution is -2.09. The van der Waals surface area contributed by atoms with Gasteiger partial charge in [0.05, 0.1) is 11.5 Å². The first-order valence-electron chi connectivity index (χ1n) is 6.37. The van der Waals surface area contributed by atoms with Gasteiger partial charge >= 0.3 is 0 Å². The smallest absolute Gasteiger partial charge is 0.158 e. The molecule has 1 aromatic carbocycles. The van der Waals surface area contributed by atoms with E-state index in [0.29, 0.717) is 11.3 Å². The fourth-order valence-corrected chi connectivity index (χ4v) is 2.61. The summed E-state index contributed by atoms with van der Waals surface area (Å²) in [6.45, 7) is 5.88. The van der Waals surface area contributed by atoms with Crippen molar-refractivity contribution < 1.29 is 8.42 Å². The Morgan fingerprint density at radius 1 is 1.16 bits per heavy atom. The number of hydrogen-bond donors (Lipinski definition) is 1. The molecule has 0 amide bonds. The van der Waals surface area contributed by atoms with Crippen LogP contribution in [0.25, 0.3) is 0 Å². The molecule has 0 aliphatic heterocycles. The lowest BCUT2D eigenvalue weighted by atomic mass is 10.2. The molecule has 4 heteroatoms. The van der Waals surface area contributed by atoms with Gasteiger partial charge in [0.25, 0.3) is 0 Å². The molecule has 0 spiro atoms. The number of sulfone groups is 1. The maximum absolute atomic E-state index is 11.8. The zero-order valence-electron chi connectivity index (χ0n) is 11.8. The van der Waals surface area contributed by atoms with Crippen LogP contribution in [0.3, 0.4) is 0 Å². The Kier molecular flexibility index (Phi) is 8.62. The average molecular weight is 281 g/mol. The zero-order chi connectivity index (χ0) is 14.7. The number of hydrogen-bond acceptors (Lipinski definition) is 3. The second-order valence-corrected chi connectivity index (χ2v) is 5.82. The molecule has 0 aliphatic carbocycles. The van der Waals surface area contributed by atoms with Gasteiger partial charge in [-0.3, -0.25) is 0 Å². The summed E-state index contributed by atoms with van der Waals surface area (Å²) in [6.07, 6.45) is 7.01. The van der Waals surface area contributed by atoms with Gasteiger partial charge in [0.15, 0.2) is 9.84 Å². The standard InChI is InChI=1S/C13H17NO2S.C2H6/c1-2-3-4-7-10-17(15,16)11-12-8-5-6-9-13(12)14;1-2/h2-9H,10-11,14H2,1H3;1-2H3/b3-2-,7-4-;. The Hall–Kier alpha value is -1.55. The number of allylic oxidation sites excluding steroid dienone is 3. The van der Waals surface area contributed by atoms with Crippen LogP contribution in [0.2, 0.25) is 0 Å². The number of nitrogen functional groups attached to an aromatic ring is 1. The predicted octanol–water partition coefficient (Wildman–Crippen LogP) is 3.34. The van der Waals surface area contributed by atoms with Crippen molar-refractivity contribution >= 4 is 15.5 Å². The van der Waals surface area contributed by atoms with Crippen LogP contribution in [0.1, 0.15) is 26.3 Å². The maximum atomic E-state index is 11.8. The molecule has 0 bridgehead atoms. The van der Waals surface area contributed by atoms with E-state index in [0.717, 1.165) is 0 Å². The first-order chi connectivity index (χ1) is 9.05. The fourth-order valence-electron chi connectivity index (χ4n) is 1.35. The molecule has 0 unspecified atom stereocenters. The number of nitrogens with two attached hydrogens (primary N) is 1. The van der Waals surface area contributed by atoms with Crippen molar-refractivity contribution in [2.24, 2.45) is 0 Å². The summed E-state index contributed by atoms with van der Waals surface area (Å²) in [5.41, 5.74) is 6.89. The summed E-state index contributed by atoms with van der Waals surface area (Å²) in [4.78, 5) is 0. The van der Waals surface area contributed by atoms with E-state index in [1.54, 1.807) is 42.5 Å². The lowest BCUT2D eigenvalue weighted by molar-refractivity contribution is 0.598. The molecule has 106 valence electrons. The van der Waals surface area contributed by atoms with Crippen molar-refractivity contribution in [3.63, 3.8) is 0 Å². The Bertz CT molecular complexity index is 517. The van der Waals surface area contributed by atoms with E-state index < -0.39 is 9.84 Å². The highest BCUT2D eigenvalue weighted by Gasteiger charge is 2.11. The number of benzene rings is 1. The van der Waals surface area contributed by atoms with Crippen molar-refractivity contribution in [1.82, 2.24) is 0 Å². The van der Waals surface area contributed by atoms with Crippen LogP contribution in [-0.2, 0) is 15.6 Å². The molecule has 0 radical (unpaired) electrons. The van der Waals surface area contributed by atoms with Gasteiger partial charge in [-0.15, -0.1) is 0 Å². The largest absolute Gasteiger partial charge is 0.398 e. The van der Waals surface area contributed by atoms with E-state index in [9.17, 15) is 8.42 Å². The van der Waals surface area contributed by atoms with Gasteiger partial charge in [-0.1, -0.05) is 56.4 Å². The summed E-state index contributed by atoms with van der Waals surface area (Å²) >= 11 is 0. The number of rotatable bonds is 5. The van der Waals surface area contributed by atoms with E-state index in [2.05, 4.69) is 0 Å². The Labute approximate surface area is 116 Å². The third-order valence-electron chi connectivity index (χ3n) is 2.22. The zero-order valence-corrected chi connectivity index (χ0v) is 12.7. The van der Waals surface area contributed by atoms with E-state index in [-0.39, 0.29) is 11.5 Å². The molecule has 2 N–H and O–H groups in total. The van der Waals surface area contributed by atoms with E-state index in [1.807, 2.05) is 26.8 Å². The molecule has 0 saturated heterocycles. The molecule has 0 aliphatic rings. The first-order valence-corrected chi connectivity index (χ1v) is 8.19. The summed E-state index contributed by atoms with van der Waals surface area (Å²) in [5.74, 6) is 0.0194. The molecule has 1 rings (SSSR count). The van der Waals surface area contributed by atoms with Crippen LogP contribution >= 0.6 is 0 Å². The minimum absolute atomic E-state index is 0.0140. The summed E-state index contributed by atoms with van der Waals surface area (Å²) in [6, 6.07) is 7.03. The number of anilines is 1. The molecule has 0 atom stereocenters. The quantitative estimate of drug-likeness (QED) is 0.665. The fraction of sp³-hybridized carbons (Fsp3) is 0.333. The van der Waals surface area contributed by atoms with Crippen LogP contribution in [0.5, 0.6) is 0 Å². The minimum atomic E-state index is -3.14. The van der Waals surface area contributed by atoms with Crippen LogP contribution < -0.4 is 5.73 Å². The lowest BCUT2D eigenvalue weighted by Gasteiger charge is -2.04. The molecule has 3 nitrogen and oxygen atoms in total. The van der Waals surface area contributed by atoms with Crippen molar-refractivity contribution in [2.75, 3.05) is 11.5 Å². The Balaban J connectivity index is 0.00000154. The Morgan fingerprint density at radius 2 is 1.79 bits per heavy atom. The Morgan fingerprint density at radius 3 is 2.37 bits per heavy atom. The summed E-state index contributed by atoms with van der Waals surface area (Å²) in [5, 5.41) is 0. The van der Waals surface area contributed by atoms with Gasteiger partial charge < -0.3 is 5.73 Å². The SMILES string of the molecule is C/C=C\C=C/CS(=O)(=O)Cc1ccccc1N.CC. The van der Waals surface area contributed by atoms with Crippen molar-refractivity contribution in [1.29, 1.82) is 0 Å². The molecule has 0 aromatic heterocycles. The molecular formula is C15H23NO2S. The monoisotopic (exact) mass is 281 g/mol. The van der Waals surface area contributed by atoms with E-state index in [1.165, 1.54) is 0 Å². The van der Waals surface area contributed by atoms with E-state index >= 15 is 0 Å². The highest BCUT2D eigenvalue weighted by atomic mass is 32.2. The highest BCUT2D eigenvalue weighted by molar-refractivity contribution is 7.90. The van der Waals surface area contributed by atoms with Crippen LogP contribution in [0, 0.1) is 0 Å². The number of para-hydroxylation sites is 1. The van der Waals surface area contributed by atoms with Gasteiger partial charge in [-0.25, -0.2) is 8.42 Å². The van der Waals surface area contributed by atoms with Crippen LogP contribution in [0.4, 0.5) is 5.69 Å². The van der Waals surface area contributed by atoms with Crippen molar-refractivity contribution in [3.05, 3.63) is 54.1 Å². The predicted molar refractivity (Wildman–Crippen MR) is 83.6 cm³/mol. The topological polar surface area (TPSA) is 60.2 Å². The van der Waals surface area contributed by atoms with Gasteiger partial charge in [0.2, 0.25) is 0 Å². The summed E-state index contributed by atoms with van der Waals surface area (Å²) in [7, 11) is -3.14. The third kappa shape index (κ3) is 7.47. The average Bonchev–Trinajstić information content (AvgIpc) is 2.40. The van der Waals surface area contributed by atoms with Gasteiger partial charge in [-0.05, 0) is 18.6 Å². The molecule has 19 heavy (non-hydrogen) atoms. The van der Waals surface area contributed by atoms with E-state index in [4.69, 9.17) is 5.73 Å². The third-order valence-corrected chi connectivity index (χ3v) is 3.67. The maximum Gasteiger partial charge on any atom is 0.158 e. The van der Waals surface area contributed by atoms with Crippen LogP contribution in [-0.4, -0.2) is 14.2 Å². The second-order valence-electron chi connectivity index (χ2n) is 3.71. The van der Waals surface area contributed by atoms with Crippen molar-refractivity contribution in [3.8, 4) is 0 Å². The normalized spacial score (nSPS) is 11.5. The molecule has 1 aromatic rings. The van der Waals surface area contributed by atoms with Gasteiger partial charge in [-0.2, -0.15) is 0 Å². The molecule has 0 fully saturated rings. The second kappa shape index (κ2) is 9.39.